The summed E-state index contributed by atoms with van der Waals surface area (Å²) in [4.78, 5) is 0. The topological polar surface area (TPSA) is 12.0 Å². The summed E-state index contributed by atoms with van der Waals surface area (Å²) in [5.74, 6) is 0. The molecule has 1 heterocycles. The number of nitrogens with one attached hydrogen (secondary N) is 1. The summed E-state index contributed by atoms with van der Waals surface area (Å²) < 4.78 is 1.37. The van der Waals surface area contributed by atoms with Crippen molar-refractivity contribution in [1.29, 1.82) is 0 Å². The normalized spacial score (nSPS) is 22.7. The molecule has 1 N–H and O–H groups in total. The van der Waals surface area contributed by atoms with E-state index in [1.54, 1.807) is 0 Å². The molecule has 1 aliphatic carbocycles. The van der Waals surface area contributed by atoms with Crippen LogP contribution >= 0.6 is 22.6 Å². The molecule has 0 spiro atoms. The smallest absolute Gasteiger partial charge is 0.0147 e. The van der Waals surface area contributed by atoms with Crippen molar-refractivity contribution >= 4 is 22.6 Å². The van der Waals surface area contributed by atoms with Gasteiger partial charge in [0.2, 0.25) is 0 Å². The van der Waals surface area contributed by atoms with Crippen LogP contribution in [0.2, 0.25) is 0 Å². The standard InChI is InChI=1S/C11H14IN/c12-10-4-1-5-11-9(6-7-10)3-2-8-13-11/h4,6-7,13H,1-3,5,8H2. The van der Waals surface area contributed by atoms with Crippen LogP contribution in [0.1, 0.15) is 25.7 Å². The molecule has 0 fully saturated rings. The minimum Gasteiger partial charge on any atom is -0.388 e. The molecule has 1 nitrogen and oxygen atoms in total. The van der Waals surface area contributed by atoms with Gasteiger partial charge in [-0.05, 0) is 59.9 Å². The van der Waals surface area contributed by atoms with E-state index in [4.69, 9.17) is 0 Å². The maximum Gasteiger partial charge on any atom is 0.0147 e. The molecule has 0 amide bonds. The molecule has 1 aliphatic heterocycles. The second-order valence-corrected chi connectivity index (χ2v) is 4.74. The Morgan fingerprint density at radius 3 is 3.08 bits per heavy atom. The van der Waals surface area contributed by atoms with Crippen molar-refractivity contribution in [2.24, 2.45) is 0 Å². The van der Waals surface area contributed by atoms with E-state index in [0.717, 1.165) is 6.54 Å². The van der Waals surface area contributed by atoms with Crippen LogP contribution in [0.4, 0.5) is 0 Å². The van der Waals surface area contributed by atoms with Crippen LogP contribution in [0.3, 0.4) is 0 Å². The summed E-state index contributed by atoms with van der Waals surface area (Å²) in [5.41, 5.74) is 3.00. The minimum absolute atomic E-state index is 1.16. The molecule has 13 heavy (non-hydrogen) atoms. The molecule has 2 heteroatoms. The summed E-state index contributed by atoms with van der Waals surface area (Å²) in [5, 5.41) is 3.50. The average molecular weight is 287 g/mol. The molecule has 70 valence electrons. The van der Waals surface area contributed by atoms with Gasteiger partial charge in [-0.15, -0.1) is 0 Å². The van der Waals surface area contributed by atoms with E-state index >= 15 is 0 Å². The fourth-order valence-corrected chi connectivity index (χ4v) is 2.31. The van der Waals surface area contributed by atoms with Crippen LogP contribution in [0, 0.1) is 0 Å². The molecule has 0 saturated heterocycles. The summed E-state index contributed by atoms with van der Waals surface area (Å²) in [6.07, 6.45) is 11.7. The third kappa shape index (κ3) is 2.36. The molecule has 0 aromatic heterocycles. The van der Waals surface area contributed by atoms with E-state index in [1.807, 2.05) is 0 Å². The van der Waals surface area contributed by atoms with E-state index in [0.29, 0.717) is 0 Å². The van der Waals surface area contributed by atoms with Crippen LogP contribution in [-0.4, -0.2) is 6.54 Å². The Balaban J connectivity index is 2.23. The summed E-state index contributed by atoms with van der Waals surface area (Å²) in [6, 6.07) is 0. The first-order chi connectivity index (χ1) is 6.36. The van der Waals surface area contributed by atoms with Gasteiger partial charge in [-0.1, -0.05) is 12.2 Å². The lowest BCUT2D eigenvalue weighted by Crippen LogP contribution is -2.21. The molecule has 0 radical (unpaired) electrons. The molecular weight excluding hydrogens is 273 g/mol. The first-order valence-electron chi connectivity index (χ1n) is 4.86. The van der Waals surface area contributed by atoms with Crippen molar-refractivity contribution in [1.82, 2.24) is 5.32 Å². The largest absolute Gasteiger partial charge is 0.388 e. The summed E-state index contributed by atoms with van der Waals surface area (Å²) in [7, 11) is 0. The monoisotopic (exact) mass is 287 g/mol. The summed E-state index contributed by atoms with van der Waals surface area (Å²) >= 11 is 2.39. The zero-order chi connectivity index (χ0) is 9.10. The lowest BCUT2D eigenvalue weighted by molar-refractivity contribution is 0.641. The maximum absolute atomic E-state index is 3.50. The van der Waals surface area contributed by atoms with Crippen molar-refractivity contribution in [3.05, 3.63) is 33.1 Å². The molecule has 0 unspecified atom stereocenters. The molecule has 0 aromatic carbocycles. The lowest BCUT2D eigenvalue weighted by atomic mass is 9.99. The van der Waals surface area contributed by atoms with Gasteiger partial charge in [0, 0.05) is 15.8 Å². The van der Waals surface area contributed by atoms with E-state index in [1.165, 1.54) is 40.5 Å². The first-order valence-corrected chi connectivity index (χ1v) is 5.94. The van der Waals surface area contributed by atoms with Crippen LogP contribution in [-0.2, 0) is 0 Å². The van der Waals surface area contributed by atoms with E-state index in [-0.39, 0.29) is 0 Å². The third-order valence-electron chi connectivity index (χ3n) is 2.53. The van der Waals surface area contributed by atoms with E-state index in [9.17, 15) is 0 Å². The van der Waals surface area contributed by atoms with Gasteiger partial charge in [0.25, 0.3) is 0 Å². The van der Waals surface area contributed by atoms with Crippen LogP contribution < -0.4 is 5.32 Å². The fraction of sp³-hybridized carbons (Fsp3) is 0.455. The average Bonchev–Trinajstić information content (AvgIpc) is 2.13. The van der Waals surface area contributed by atoms with Crippen molar-refractivity contribution in [2.75, 3.05) is 6.54 Å². The van der Waals surface area contributed by atoms with Crippen molar-refractivity contribution in [2.45, 2.75) is 25.7 Å². The Morgan fingerprint density at radius 1 is 1.23 bits per heavy atom. The van der Waals surface area contributed by atoms with E-state index in [2.05, 4.69) is 46.1 Å². The predicted octanol–water partition coefficient (Wildman–Crippen LogP) is 3.29. The van der Waals surface area contributed by atoms with Gasteiger partial charge in [0.15, 0.2) is 0 Å². The SMILES string of the molecule is IC1=CCCC2=C(C=C1)CCCN2. The van der Waals surface area contributed by atoms with Gasteiger partial charge in [0.05, 0.1) is 0 Å². The highest BCUT2D eigenvalue weighted by Gasteiger charge is 2.10. The molecule has 2 aliphatic rings. The van der Waals surface area contributed by atoms with Crippen LogP contribution in [0.15, 0.2) is 33.1 Å². The highest BCUT2D eigenvalue weighted by Crippen LogP contribution is 2.24. The van der Waals surface area contributed by atoms with Gasteiger partial charge in [-0.25, -0.2) is 0 Å². The van der Waals surface area contributed by atoms with Gasteiger partial charge in [0.1, 0.15) is 0 Å². The van der Waals surface area contributed by atoms with Crippen molar-refractivity contribution < 1.29 is 0 Å². The van der Waals surface area contributed by atoms with Crippen molar-refractivity contribution in [3.63, 3.8) is 0 Å². The fourth-order valence-electron chi connectivity index (χ4n) is 1.82. The Kier molecular flexibility index (Phi) is 3.09. The Labute approximate surface area is 93.1 Å². The van der Waals surface area contributed by atoms with Crippen molar-refractivity contribution in [3.8, 4) is 0 Å². The number of hydrogen-bond donors (Lipinski definition) is 1. The number of halogens is 1. The summed E-state index contributed by atoms with van der Waals surface area (Å²) in [6.45, 7) is 1.16. The Hall–Kier alpha value is -0.250. The number of hydrogen-bond acceptors (Lipinski definition) is 1. The zero-order valence-corrected chi connectivity index (χ0v) is 9.80. The highest BCUT2D eigenvalue weighted by molar-refractivity contribution is 14.1. The van der Waals surface area contributed by atoms with Crippen LogP contribution in [0.5, 0.6) is 0 Å². The third-order valence-corrected chi connectivity index (χ3v) is 3.33. The molecular formula is C11H14IN. The van der Waals surface area contributed by atoms with Gasteiger partial charge in [-0.3, -0.25) is 0 Å². The molecule has 0 saturated carbocycles. The number of rotatable bonds is 0. The maximum atomic E-state index is 3.50. The zero-order valence-electron chi connectivity index (χ0n) is 7.65. The predicted molar refractivity (Wildman–Crippen MR) is 64.7 cm³/mol. The van der Waals surface area contributed by atoms with Crippen LogP contribution in [0.25, 0.3) is 0 Å². The Bertz CT molecular complexity index is 286. The highest BCUT2D eigenvalue weighted by atomic mass is 127. The molecule has 0 aromatic rings. The number of allylic oxidation sites excluding steroid dienone is 6. The first kappa shape index (κ1) is 9.31. The second-order valence-electron chi connectivity index (χ2n) is 3.50. The molecule has 0 bridgehead atoms. The minimum atomic E-state index is 1.16. The van der Waals surface area contributed by atoms with Gasteiger partial charge < -0.3 is 5.32 Å². The van der Waals surface area contributed by atoms with Gasteiger partial charge >= 0.3 is 0 Å². The van der Waals surface area contributed by atoms with E-state index < -0.39 is 0 Å². The lowest BCUT2D eigenvalue weighted by Gasteiger charge is -2.21. The molecule has 2 rings (SSSR count). The second kappa shape index (κ2) is 4.31. The quantitative estimate of drug-likeness (QED) is 0.674. The molecule has 0 atom stereocenters. The van der Waals surface area contributed by atoms with Gasteiger partial charge in [-0.2, -0.15) is 0 Å². The Morgan fingerprint density at radius 2 is 2.15 bits per heavy atom.